The van der Waals surface area contributed by atoms with Crippen LogP contribution in [-0.2, 0) is 4.74 Å². The van der Waals surface area contributed by atoms with Gasteiger partial charge in [0.05, 0.1) is 28.4 Å². The second-order valence-electron chi connectivity index (χ2n) is 6.02. The molecule has 1 N–H and O–H groups in total. The van der Waals surface area contributed by atoms with Gasteiger partial charge in [0, 0.05) is 17.6 Å². The maximum atomic E-state index is 6.48. The molecule has 2 atom stereocenters. The number of rotatable bonds is 2. The van der Waals surface area contributed by atoms with Crippen molar-refractivity contribution in [3.8, 4) is 0 Å². The topological polar surface area (TPSA) is 34.1 Å². The van der Waals surface area contributed by atoms with Crippen LogP contribution in [0.3, 0.4) is 0 Å². The number of hydrogen-bond donors (Lipinski definition) is 1. The Bertz CT molecular complexity index is 649. The van der Waals surface area contributed by atoms with Crippen LogP contribution in [0.2, 0.25) is 5.02 Å². The molecule has 2 unspecified atom stereocenters. The largest absolute Gasteiger partial charge is 0.380 e. The van der Waals surface area contributed by atoms with E-state index >= 15 is 0 Å². The van der Waals surface area contributed by atoms with E-state index in [0.717, 1.165) is 40.0 Å². The SMILES string of the molecule is Cc1cc(Cl)c(NC2CC(C)OC(C)C2)c2cccnc12. The molecule has 2 aromatic rings. The highest BCUT2D eigenvalue weighted by atomic mass is 35.5. The van der Waals surface area contributed by atoms with Crippen LogP contribution in [-0.4, -0.2) is 23.2 Å². The standard InChI is InChI=1S/C17H21ClN2O/c1-10-7-15(18)17(14-5-4-6-19-16(10)14)20-13-8-11(2)21-12(3)9-13/h4-7,11-13,20H,8-9H2,1-3H3. The van der Waals surface area contributed by atoms with Gasteiger partial charge in [-0.3, -0.25) is 4.98 Å². The fraction of sp³-hybridized carbons (Fsp3) is 0.471. The predicted molar refractivity (Wildman–Crippen MR) is 88.1 cm³/mol. The minimum absolute atomic E-state index is 0.278. The Kier molecular flexibility index (Phi) is 4.05. The third-order valence-corrected chi connectivity index (χ3v) is 4.38. The summed E-state index contributed by atoms with van der Waals surface area (Å²) in [4.78, 5) is 4.48. The van der Waals surface area contributed by atoms with E-state index in [0.29, 0.717) is 6.04 Å². The lowest BCUT2D eigenvalue weighted by Crippen LogP contribution is -2.37. The van der Waals surface area contributed by atoms with Crippen LogP contribution in [0.5, 0.6) is 0 Å². The lowest BCUT2D eigenvalue weighted by molar-refractivity contribution is -0.0337. The molecule has 1 saturated heterocycles. The van der Waals surface area contributed by atoms with E-state index in [1.165, 1.54) is 0 Å². The Hall–Kier alpha value is -1.32. The highest BCUT2D eigenvalue weighted by Gasteiger charge is 2.25. The van der Waals surface area contributed by atoms with Gasteiger partial charge in [-0.1, -0.05) is 11.6 Å². The van der Waals surface area contributed by atoms with Crippen LogP contribution in [0.25, 0.3) is 10.9 Å². The molecule has 4 heteroatoms. The van der Waals surface area contributed by atoms with Gasteiger partial charge in [-0.05, 0) is 57.4 Å². The van der Waals surface area contributed by atoms with Crippen molar-refractivity contribution in [1.29, 1.82) is 0 Å². The fourth-order valence-electron chi connectivity index (χ4n) is 3.25. The number of halogens is 1. The highest BCUT2D eigenvalue weighted by molar-refractivity contribution is 6.35. The zero-order chi connectivity index (χ0) is 15.0. The first-order valence-corrected chi connectivity index (χ1v) is 7.88. The Balaban J connectivity index is 1.97. The third kappa shape index (κ3) is 2.99. The van der Waals surface area contributed by atoms with Gasteiger partial charge in [0.15, 0.2) is 0 Å². The molecule has 3 rings (SSSR count). The molecule has 1 aliphatic heterocycles. The van der Waals surface area contributed by atoms with Crippen molar-refractivity contribution in [2.45, 2.75) is 51.9 Å². The van der Waals surface area contributed by atoms with E-state index in [2.05, 4.69) is 30.2 Å². The first-order valence-electron chi connectivity index (χ1n) is 7.50. The summed E-state index contributed by atoms with van der Waals surface area (Å²) in [5.41, 5.74) is 3.11. The number of nitrogens with zero attached hydrogens (tertiary/aromatic N) is 1. The molecule has 0 saturated carbocycles. The Morgan fingerprint density at radius 2 is 2.00 bits per heavy atom. The molecule has 112 valence electrons. The molecule has 3 nitrogen and oxygen atoms in total. The first kappa shape index (κ1) is 14.6. The normalized spacial score (nSPS) is 26.0. The molecule has 1 aliphatic rings. The summed E-state index contributed by atoms with van der Waals surface area (Å²) in [6.07, 6.45) is 4.37. The highest BCUT2D eigenvalue weighted by Crippen LogP contribution is 2.34. The lowest BCUT2D eigenvalue weighted by atomic mass is 9.99. The van der Waals surface area contributed by atoms with Gasteiger partial charge in [0.2, 0.25) is 0 Å². The molecule has 0 amide bonds. The summed E-state index contributed by atoms with van der Waals surface area (Å²) < 4.78 is 5.81. The van der Waals surface area contributed by atoms with Gasteiger partial charge < -0.3 is 10.1 Å². The number of pyridine rings is 1. The van der Waals surface area contributed by atoms with Gasteiger partial charge in [-0.2, -0.15) is 0 Å². The van der Waals surface area contributed by atoms with E-state index in [-0.39, 0.29) is 12.2 Å². The van der Waals surface area contributed by atoms with Crippen LogP contribution < -0.4 is 5.32 Å². The summed E-state index contributed by atoms with van der Waals surface area (Å²) >= 11 is 6.48. The molecule has 0 aliphatic carbocycles. The summed E-state index contributed by atoms with van der Waals surface area (Å²) in [7, 11) is 0. The number of hydrogen-bond acceptors (Lipinski definition) is 3. The average molecular weight is 305 g/mol. The van der Waals surface area contributed by atoms with Crippen molar-refractivity contribution in [1.82, 2.24) is 4.98 Å². The number of benzene rings is 1. The van der Waals surface area contributed by atoms with E-state index in [1.54, 1.807) is 0 Å². The van der Waals surface area contributed by atoms with Crippen LogP contribution in [0, 0.1) is 6.92 Å². The molecule has 1 fully saturated rings. The molecular formula is C17H21ClN2O. The van der Waals surface area contributed by atoms with Crippen LogP contribution in [0.1, 0.15) is 32.3 Å². The van der Waals surface area contributed by atoms with Crippen molar-refractivity contribution in [3.63, 3.8) is 0 Å². The number of aryl methyl sites for hydroxylation is 1. The fourth-order valence-corrected chi connectivity index (χ4v) is 3.57. The maximum Gasteiger partial charge on any atom is 0.0752 e. The maximum absolute atomic E-state index is 6.48. The minimum Gasteiger partial charge on any atom is -0.380 e. The second-order valence-corrected chi connectivity index (χ2v) is 6.43. The lowest BCUT2D eigenvalue weighted by Gasteiger charge is -2.33. The van der Waals surface area contributed by atoms with Crippen LogP contribution in [0.4, 0.5) is 5.69 Å². The summed E-state index contributed by atoms with van der Waals surface area (Å²) in [6, 6.07) is 6.41. The first-order chi connectivity index (χ1) is 10.0. The van der Waals surface area contributed by atoms with Crippen LogP contribution >= 0.6 is 11.6 Å². The smallest absolute Gasteiger partial charge is 0.0752 e. The molecule has 1 aromatic carbocycles. The number of fused-ring (bicyclic) bond motifs is 1. The monoisotopic (exact) mass is 304 g/mol. The summed E-state index contributed by atoms with van der Waals surface area (Å²) in [5, 5.41) is 5.48. The summed E-state index contributed by atoms with van der Waals surface area (Å²) in [6.45, 7) is 6.30. The van der Waals surface area contributed by atoms with Gasteiger partial charge in [-0.15, -0.1) is 0 Å². The van der Waals surface area contributed by atoms with Crippen molar-refractivity contribution in [2.24, 2.45) is 0 Å². The number of aromatic nitrogens is 1. The van der Waals surface area contributed by atoms with E-state index in [9.17, 15) is 0 Å². The quantitative estimate of drug-likeness (QED) is 0.883. The van der Waals surface area contributed by atoms with E-state index in [4.69, 9.17) is 16.3 Å². The Morgan fingerprint density at radius 3 is 2.71 bits per heavy atom. The van der Waals surface area contributed by atoms with Gasteiger partial charge >= 0.3 is 0 Å². The van der Waals surface area contributed by atoms with Gasteiger partial charge in [0.1, 0.15) is 0 Å². The second kappa shape index (κ2) is 5.82. The van der Waals surface area contributed by atoms with Crippen molar-refractivity contribution < 1.29 is 4.74 Å². The molecule has 21 heavy (non-hydrogen) atoms. The minimum atomic E-state index is 0.278. The molecule has 0 bridgehead atoms. The van der Waals surface area contributed by atoms with Gasteiger partial charge in [0.25, 0.3) is 0 Å². The summed E-state index contributed by atoms with van der Waals surface area (Å²) in [5.74, 6) is 0. The number of nitrogens with one attached hydrogen (secondary N) is 1. The van der Waals surface area contributed by atoms with Crippen molar-refractivity contribution in [2.75, 3.05) is 5.32 Å². The molecule has 2 heterocycles. The molecule has 0 radical (unpaired) electrons. The molecule has 1 aromatic heterocycles. The predicted octanol–water partition coefficient (Wildman–Crippen LogP) is 4.56. The molecular weight excluding hydrogens is 284 g/mol. The number of ether oxygens (including phenoxy) is 1. The Morgan fingerprint density at radius 1 is 1.29 bits per heavy atom. The van der Waals surface area contributed by atoms with Crippen molar-refractivity contribution >= 4 is 28.2 Å². The van der Waals surface area contributed by atoms with Gasteiger partial charge in [-0.25, -0.2) is 0 Å². The zero-order valence-corrected chi connectivity index (χ0v) is 13.4. The Labute approximate surface area is 130 Å². The van der Waals surface area contributed by atoms with Crippen molar-refractivity contribution in [3.05, 3.63) is 35.0 Å². The zero-order valence-electron chi connectivity index (χ0n) is 12.7. The molecule has 0 spiro atoms. The van der Waals surface area contributed by atoms with Crippen LogP contribution in [0.15, 0.2) is 24.4 Å². The van der Waals surface area contributed by atoms with E-state index in [1.807, 2.05) is 25.3 Å². The third-order valence-electron chi connectivity index (χ3n) is 4.08. The van der Waals surface area contributed by atoms with E-state index < -0.39 is 0 Å². The number of anilines is 1. The average Bonchev–Trinajstić information content (AvgIpc) is 2.42.